The topological polar surface area (TPSA) is 129 Å². The molecule has 3 aromatic rings. The molecule has 0 amide bonds. The largest absolute Gasteiger partial charge is 0.452 e. The van der Waals surface area contributed by atoms with Gasteiger partial charge in [-0.2, -0.15) is 0 Å². The van der Waals surface area contributed by atoms with Crippen molar-refractivity contribution in [3.63, 3.8) is 0 Å². The Kier molecular flexibility index (Phi) is 8.06. The fourth-order valence-electron chi connectivity index (χ4n) is 3.74. The van der Waals surface area contributed by atoms with Crippen LogP contribution in [0.15, 0.2) is 91.0 Å². The van der Waals surface area contributed by atoms with E-state index in [-0.39, 0.29) is 16.7 Å². The molecule has 2 N–H and O–H groups in total. The normalized spacial score (nSPS) is 23.3. The van der Waals surface area contributed by atoms with Crippen molar-refractivity contribution >= 4 is 17.9 Å². The average Bonchev–Trinajstić information content (AvgIpc) is 2.93. The number of hydrogen-bond acceptors (Lipinski definition) is 9. The summed E-state index contributed by atoms with van der Waals surface area (Å²) in [6, 6.07) is 24.0. The predicted molar refractivity (Wildman–Crippen MR) is 125 cm³/mol. The van der Waals surface area contributed by atoms with Crippen molar-refractivity contribution in [1.82, 2.24) is 0 Å². The molecule has 0 aromatic heterocycles. The molecule has 5 atom stereocenters. The van der Waals surface area contributed by atoms with E-state index in [9.17, 15) is 24.6 Å². The van der Waals surface area contributed by atoms with Gasteiger partial charge in [-0.15, -0.1) is 0 Å². The fraction of sp³-hybridized carbons (Fsp3) is 0.222. The summed E-state index contributed by atoms with van der Waals surface area (Å²) in [7, 11) is 0. The lowest BCUT2D eigenvalue weighted by molar-refractivity contribution is -0.284. The zero-order chi connectivity index (χ0) is 25.5. The molecule has 0 radical (unpaired) electrons. The first-order chi connectivity index (χ1) is 17.5. The third-order valence-electron chi connectivity index (χ3n) is 5.55. The Morgan fingerprint density at radius 3 is 1.36 bits per heavy atom. The summed E-state index contributed by atoms with van der Waals surface area (Å²) >= 11 is 0. The number of hydrogen-bond donors (Lipinski definition) is 2. The second kappa shape index (κ2) is 11.6. The van der Waals surface area contributed by atoms with Gasteiger partial charge in [-0.25, -0.2) is 14.4 Å². The monoisotopic (exact) mass is 492 g/mol. The summed E-state index contributed by atoms with van der Waals surface area (Å²) in [5.41, 5.74) is 0.562. The first kappa shape index (κ1) is 25.1. The maximum atomic E-state index is 12.9. The Bertz CT molecular complexity index is 1170. The predicted octanol–water partition coefficient (Wildman–Crippen LogP) is 2.37. The van der Waals surface area contributed by atoms with Gasteiger partial charge in [-0.3, -0.25) is 0 Å². The van der Waals surface area contributed by atoms with Crippen LogP contribution in [-0.2, 0) is 18.9 Å². The van der Waals surface area contributed by atoms with E-state index in [1.165, 1.54) is 36.4 Å². The van der Waals surface area contributed by atoms with Crippen LogP contribution >= 0.6 is 0 Å². The van der Waals surface area contributed by atoms with Crippen molar-refractivity contribution < 1.29 is 43.5 Å². The Labute approximate surface area is 206 Å². The van der Waals surface area contributed by atoms with Gasteiger partial charge in [0.2, 0.25) is 0 Å². The van der Waals surface area contributed by atoms with Gasteiger partial charge in [-0.05, 0) is 36.4 Å². The highest BCUT2D eigenvalue weighted by atomic mass is 16.7. The van der Waals surface area contributed by atoms with E-state index in [1.807, 2.05) is 0 Å². The molecule has 186 valence electrons. The smallest absolute Gasteiger partial charge is 0.338 e. The Morgan fingerprint density at radius 1 is 0.611 bits per heavy atom. The van der Waals surface area contributed by atoms with E-state index in [0.717, 1.165) is 0 Å². The Balaban J connectivity index is 1.66. The molecule has 9 nitrogen and oxygen atoms in total. The van der Waals surface area contributed by atoms with Crippen molar-refractivity contribution in [3.05, 3.63) is 108 Å². The second-order valence-electron chi connectivity index (χ2n) is 7.96. The average molecular weight is 492 g/mol. The molecule has 1 saturated heterocycles. The third-order valence-corrected chi connectivity index (χ3v) is 5.55. The van der Waals surface area contributed by atoms with Gasteiger partial charge in [-0.1, -0.05) is 54.6 Å². The van der Waals surface area contributed by atoms with Crippen LogP contribution in [0.3, 0.4) is 0 Å². The Hall–Kier alpha value is -4.05. The quantitative estimate of drug-likeness (QED) is 0.377. The van der Waals surface area contributed by atoms with Crippen molar-refractivity contribution in [2.24, 2.45) is 0 Å². The lowest BCUT2D eigenvalue weighted by Crippen LogP contribution is -2.62. The minimum absolute atomic E-state index is 0.181. The van der Waals surface area contributed by atoms with E-state index in [4.69, 9.17) is 18.9 Å². The molecule has 1 fully saturated rings. The van der Waals surface area contributed by atoms with Crippen molar-refractivity contribution in [2.75, 3.05) is 6.61 Å². The number of carbonyl (C=O) groups excluding carboxylic acids is 3. The molecule has 9 heteroatoms. The number of ether oxygens (including phenoxy) is 4. The van der Waals surface area contributed by atoms with Crippen molar-refractivity contribution in [2.45, 2.75) is 30.7 Å². The minimum atomic E-state index is -1.78. The molecule has 0 unspecified atom stereocenters. The molecule has 4 rings (SSSR count). The molecule has 1 aliphatic heterocycles. The fourth-order valence-corrected chi connectivity index (χ4v) is 3.74. The van der Waals surface area contributed by atoms with Gasteiger partial charge in [0.25, 0.3) is 0 Å². The van der Waals surface area contributed by atoms with E-state index in [0.29, 0.717) is 0 Å². The van der Waals surface area contributed by atoms with Crippen LogP contribution in [-0.4, -0.2) is 65.4 Å². The number of aliphatic hydroxyl groups excluding tert-OH is 2. The molecule has 1 aliphatic rings. The van der Waals surface area contributed by atoms with Crippen LogP contribution in [0.5, 0.6) is 0 Å². The van der Waals surface area contributed by atoms with Gasteiger partial charge in [0.1, 0.15) is 6.10 Å². The van der Waals surface area contributed by atoms with Crippen molar-refractivity contribution in [1.29, 1.82) is 0 Å². The first-order valence-electron chi connectivity index (χ1n) is 11.2. The molecule has 0 aliphatic carbocycles. The van der Waals surface area contributed by atoms with E-state index in [2.05, 4.69) is 0 Å². The van der Waals surface area contributed by atoms with Crippen LogP contribution in [0.2, 0.25) is 0 Å². The van der Waals surface area contributed by atoms with Gasteiger partial charge >= 0.3 is 17.9 Å². The molecule has 1 heterocycles. The summed E-state index contributed by atoms with van der Waals surface area (Å²) in [6.07, 6.45) is -7.53. The van der Waals surface area contributed by atoms with Crippen LogP contribution in [0.25, 0.3) is 0 Å². The summed E-state index contributed by atoms with van der Waals surface area (Å²) < 4.78 is 22.1. The highest BCUT2D eigenvalue weighted by Gasteiger charge is 2.52. The summed E-state index contributed by atoms with van der Waals surface area (Å²) in [4.78, 5) is 38.5. The summed E-state index contributed by atoms with van der Waals surface area (Å²) in [6.45, 7) is -0.678. The van der Waals surface area contributed by atoms with E-state index >= 15 is 0 Å². The van der Waals surface area contributed by atoms with E-state index < -0.39 is 55.2 Å². The molecule has 3 aromatic carbocycles. The van der Waals surface area contributed by atoms with Gasteiger partial charge in [0, 0.05) is 0 Å². The number of benzene rings is 3. The molecule has 0 spiro atoms. The summed E-state index contributed by atoms with van der Waals surface area (Å²) in [5, 5.41) is 20.5. The maximum Gasteiger partial charge on any atom is 0.338 e. The van der Waals surface area contributed by atoms with Crippen molar-refractivity contribution in [3.8, 4) is 0 Å². The molecule has 36 heavy (non-hydrogen) atoms. The minimum Gasteiger partial charge on any atom is -0.452 e. The zero-order valence-electron chi connectivity index (χ0n) is 19.0. The number of aliphatic hydroxyl groups is 2. The van der Waals surface area contributed by atoms with E-state index in [1.54, 1.807) is 54.6 Å². The summed E-state index contributed by atoms with van der Waals surface area (Å²) in [5.74, 6) is -2.42. The Morgan fingerprint density at radius 2 is 0.972 bits per heavy atom. The van der Waals surface area contributed by atoms with Crippen LogP contribution in [0.4, 0.5) is 0 Å². The lowest BCUT2D eigenvalue weighted by Gasteiger charge is -2.42. The first-order valence-corrected chi connectivity index (χ1v) is 11.2. The highest BCUT2D eigenvalue weighted by Crippen LogP contribution is 2.29. The SMILES string of the molecule is O=C(O[C@@H]1[C@@H](OC(=O)c2ccccc2)[C@@H](O)O[C@H](CO)[C@@H]1OC(=O)c1ccccc1)c1ccccc1. The molecular weight excluding hydrogens is 468 g/mol. The molecule has 0 bridgehead atoms. The van der Waals surface area contributed by atoms with Crippen LogP contribution in [0, 0.1) is 0 Å². The number of rotatable bonds is 7. The van der Waals surface area contributed by atoms with Crippen LogP contribution in [0.1, 0.15) is 31.1 Å². The number of esters is 3. The maximum absolute atomic E-state index is 12.9. The standard InChI is InChI=1S/C27H24O9/c28-16-20-21(34-24(29)17-10-4-1-5-11-17)22(35-25(30)18-12-6-2-7-13-18)23(27(32)33-20)36-26(31)19-14-8-3-9-15-19/h1-15,20-23,27-28,32H,16H2/t20-,21+,22+,23-,27+/m1/s1. The van der Waals surface area contributed by atoms with Gasteiger partial charge in [0.05, 0.1) is 23.3 Å². The van der Waals surface area contributed by atoms with Gasteiger partial charge < -0.3 is 29.2 Å². The third kappa shape index (κ3) is 5.77. The molecular formula is C27H24O9. The lowest BCUT2D eigenvalue weighted by atomic mass is 9.98. The molecule has 0 saturated carbocycles. The second-order valence-corrected chi connectivity index (χ2v) is 7.96. The van der Waals surface area contributed by atoms with Gasteiger partial charge in [0.15, 0.2) is 24.6 Å². The number of carbonyl (C=O) groups is 3. The zero-order valence-corrected chi connectivity index (χ0v) is 19.0. The highest BCUT2D eigenvalue weighted by molar-refractivity contribution is 5.91. The van der Waals surface area contributed by atoms with Crippen LogP contribution < -0.4 is 0 Å².